The summed E-state index contributed by atoms with van der Waals surface area (Å²) in [4.78, 5) is 3.89. The molecule has 2 aliphatic rings. The molecule has 0 bridgehead atoms. The number of halogens is 4. The van der Waals surface area contributed by atoms with E-state index in [-0.39, 0.29) is 43.1 Å². The molecule has 0 radical (unpaired) electrons. The van der Waals surface area contributed by atoms with E-state index in [2.05, 4.69) is 10.2 Å². The number of nitrogens with zero attached hydrogens (tertiary/aromatic N) is 3. The second kappa shape index (κ2) is 9.67. The number of nitrogens with one attached hydrogen (secondary N) is 1. The predicted octanol–water partition coefficient (Wildman–Crippen LogP) is 5.21. The highest BCUT2D eigenvalue weighted by Crippen LogP contribution is 2.43. The zero-order valence-electron chi connectivity index (χ0n) is 20.8. The van der Waals surface area contributed by atoms with Gasteiger partial charge in [0.1, 0.15) is 29.7 Å². The first-order valence-corrected chi connectivity index (χ1v) is 12.4. The van der Waals surface area contributed by atoms with Gasteiger partial charge in [-0.3, -0.25) is 19.3 Å². The highest BCUT2D eigenvalue weighted by atomic mass is 19.1. The summed E-state index contributed by atoms with van der Waals surface area (Å²) in [5.74, 6) is -1.29. The number of aromatic amines is 1. The molecule has 0 saturated carbocycles. The van der Waals surface area contributed by atoms with Crippen LogP contribution in [-0.2, 0) is 6.42 Å². The van der Waals surface area contributed by atoms with Gasteiger partial charge < -0.3 is 4.74 Å². The molecule has 3 heterocycles. The third kappa shape index (κ3) is 4.83. The highest BCUT2D eigenvalue weighted by Gasteiger charge is 2.40. The van der Waals surface area contributed by atoms with Crippen molar-refractivity contribution in [2.45, 2.75) is 44.9 Å². The van der Waals surface area contributed by atoms with Crippen molar-refractivity contribution in [3.8, 4) is 5.75 Å². The van der Waals surface area contributed by atoms with Gasteiger partial charge in [0.2, 0.25) is 0 Å². The highest BCUT2D eigenvalue weighted by molar-refractivity contribution is 5.83. The molecule has 5 rings (SSSR count). The van der Waals surface area contributed by atoms with Crippen molar-refractivity contribution in [3.05, 3.63) is 58.8 Å². The maximum Gasteiger partial charge on any atom is 0.134 e. The number of aromatic nitrogens is 2. The van der Waals surface area contributed by atoms with E-state index in [1.165, 1.54) is 26.0 Å². The molecule has 2 atom stereocenters. The number of benzene rings is 2. The van der Waals surface area contributed by atoms with Crippen LogP contribution in [0.4, 0.5) is 17.6 Å². The van der Waals surface area contributed by atoms with Crippen LogP contribution in [0, 0.1) is 17.6 Å². The first-order chi connectivity index (χ1) is 17.1. The number of hydrogen-bond acceptors (Lipinski definition) is 4. The lowest BCUT2D eigenvalue weighted by Crippen LogP contribution is -2.49. The van der Waals surface area contributed by atoms with Crippen LogP contribution < -0.4 is 4.74 Å². The Morgan fingerprint density at radius 1 is 1.17 bits per heavy atom. The van der Waals surface area contributed by atoms with Gasteiger partial charge in [0.05, 0.1) is 24.4 Å². The van der Waals surface area contributed by atoms with Gasteiger partial charge in [0.15, 0.2) is 0 Å². The zero-order valence-corrected chi connectivity index (χ0v) is 20.8. The van der Waals surface area contributed by atoms with Crippen molar-refractivity contribution in [3.63, 3.8) is 0 Å². The van der Waals surface area contributed by atoms with Gasteiger partial charge >= 0.3 is 0 Å². The summed E-state index contributed by atoms with van der Waals surface area (Å²) >= 11 is 0. The Morgan fingerprint density at radius 3 is 2.56 bits per heavy atom. The van der Waals surface area contributed by atoms with E-state index in [9.17, 15) is 8.78 Å². The average molecular weight is 505 g/mol. The summed E-state index contributed by atoms with van der Waals surface area (Å²) in [6.07, 6.45) is 2.34. The number of hydrogen-bond donors (Lipinski definition) is 1. The van der Waals surface area contributed by atoms with Gasteiger partial charge in [0, 0.05) is 61.2 Å². The summed E-state index contributed by atoms with van der Waals surface area (Å²) in [6, 6.07) is 5.15. The van der Waals surface area contributed by atoms with Gasteiger partial charge in [0.25, 0.3) is 0 Å². The van der Waals surface area contributed by atoms with E-state index >= 15 is 8.78 Å². The van der Waals surface area contributed by atoms with Crippen molar-refractivity contribution in [2.75, 3.05) is 39.5 Å². The standard InChI is InChI=1S/C27H32F4N4O/c1-16-8-20-19(4-5-24-21(20)12-32-33-24)26(35(16)15-27(2,3)31)25-22(29)9-18(10-23(25)30)36-7-6-34-13-17(11-28)14-34/h4-5,9-10,12,16-17,26H,6-8,11,13-15H2,1-3H3,(H,32,33)/t16-,26?/m1/s1. The molecule has 1 saturated heterocycles. The lowest BCUT2D eigenvalue weighted by Gasteiger charge is -2.44. The minimum absolute atomic E-state index is 0.0224. The number of alkyl halides is 2. The van der Waals surface area contributed by atoms with Crippen LogP contribution >= 0.6 is 0 Å². The molecule has 2 aliphatic heterocycles. The van der Waals surface area contributed by atoms with Gasteiger partial charge in [-0.15, -0.1) is 0 Å². The molecule has 0 amide bonds. The Kier molecular flexibility index (Phi) is 6.72. The van der Waals surface area contributed by atoms with Crippen LogP contribution in [0.25, 0.3) is 10.9 Å². The number of likely N-dealkylation sites (tertiary alicyclic amines) is 1. The Labute approximate surface area is 208 Å². The molecular weight excluding hydrogens is 472 g/mol. The number of ether oxygens (including phenoxy) is 1. The molecule has 1 unspecified atom stereocenters. The maximum atomic E-state index is 15.6. The van der Waals surface area contributed by atoms with E-state index in [4.69, 9.17) is 4.74 Å². The van der Waals surface area contributed by atoms with E-state index in [0.717, 1.165) is 22.0 Å². The minimum atomic E-state index is -1.56. The molecule has 3 aromatic rings. The minimum Gasteiger partial charge on any atom is -0.492 e. The molecule has 0 aliphatic carbocycles. The summed E-state index contributed by atoms with van der Waals surface area (Å²) < 4.78 is 64.4. The van der Waals surface area contributed by atoms with E-state index < -0.39 is 23.3 Å². The maximum absolute atomic E-state index is 15.6. The molecule has 194 valence electrons. The summed E-state index contributed by atoms with van der Waals surface area (Å²) in [6.45, 7) is 6.76. The molecule has 9 heteroatoms. The van der Waals surface area contributed by atoms with Crippen LogP contribution in [0.2, 0.25) is 0 Å². The molecule has 0 spiro atoms. The van der Waals surface area contributed by atoms with Crippen LogP contribution in [-0.4, -0.2) is 71.2 Å². The quantitative estimate of drug-likeness (QED) is 0.428. The summed E-state index contributed by atoms with van der Waals surface area (Å²) in [5.41, 5.74) is 0.891. The first-order valence-electron chi connectivity index (χ1n) is 12.4. The number of H-pyrrole nitrogens is 1. The largest absolute Gasteiger partial charge is 0.492 e. The first kappa shape index (κ1) is 25.0. The van der Waals surface area contributed by atoms with Crippen molar-refractivity contribution in [1.82, 2.24) is 20.0 Å². The number of fused-ring (bicyclic) bond motifs is 3. The summed E-state index contributed by atoms with van der Waals surface area (Å²) in [7, 11) is 0. The lowest BCUT2D eigenvalue weighted by molar-refractivity contribution is 0.0647. The topological polar surface area (TPSA) is 44.4 Å². The Balaban J connectivity index is 1.47. The Morgan fingerprint density at radius 2 is 1.89 bits per heavy atom. The van der Waals surface area contributed by atoms with Crippen molar-refractivity contribution in [2.24, 2.45) is 5.92 Å². The normalized spacial score (nSPS) is 21.5. The third-order valence-corrected chi connectivity index (χ3v) is 7.28. The predicted molar refractivity (Wildman–Crippen MR) is 131 cm³/mol. The Bertz CT molecular complexity index is 1210. The van der Waals surface area contributed by atoms with Crippen molar-refractivity contribution < 1.29 is 22.3 Å². The molecule has 1 aromatic heterocycles. The molecule has 1 N–H and O–H groups in total. The Hall–Kier alpha value is -2.65. The van der Waals surface area contributed by atoms with Crippen molar-refractivity contribution >= 4 is 10.9 Å². The van der Waals surface area contributed by atoms with Gasteiger partial charge in [-0.1, -0.05) is 6.07 Å². The van der Waals surface area contributed by atoms with E-state index in [1.807, 2.05) is 28.9 Å². The van der Waals surface area contributed by atoms with E-state index in [0.29, 0.717) is 26.1 Å². The fourth-order valence-electron chi connectivity index (χ4n) is 5.58. The average Bonchev–Trinajstić information content (AvgIpc) is 3.25. The van der Waals surface area contributed by atoms with Crippen LogP contribution in [0.1, 0.15) is 43.5 Å². The summed E-state index contributed by atoms with van der Waals surface area (Å²) in [5, 5.41) is 7.99. The van der Waals surface area contributed by atoms with Gasteiger partial charge in [-0.05, 0) is 44.4 Å². The van der Waals surface area contributed by atoms with Crippen LogP contribution in [0.3, 0.4) is 0 Å². The molecule has 1 fully saturated rings. The zero-order chi connectivity index (χ0) is 25.6. The molecular formula is C27H32F4N4O. The van der Waals surface area contributed by atoms with Gasteiger partial charge in [-0.25, -0.2) is 13.2 Å². The second-order valence-electron chi connectivity index (χ2n) is 10.7. The van der Waals surface area contributed by atoms with Crippen LogP contribution in [0.5, 0.6) is 5.75 Å². The molecule has 2 aromatic carbocycles. The van der Waals surface area contributed by atoms with E-state index in [1.54, 1.807) is 6.20 Å². The fourth-order valence-corrected chi connectivity index (χ4v) is 5.58. The SMILES string of the molecule is C[C@@H]1Cc2c(ccc3[nH]ncc23)C(c2c(F)cc(OCCN3CC(CF)C3)cc2F)N1CC(C)(C)F. The lowest BCUT2D eigenvalue weighted by atomic mass is 9.82. The molecule has 36 heavy (non-hydrogen) atoms. The fraction of sp³-hybridized carbons (Fsp3) is 0.519. The second-order valence-corrected chi connectivity index (χ2v) is 10.7. The third-order valence-electron chi connectivity index (χ3n) is 7.28. The monoisotopic (exact) mass is 504 g/mol. The van der Waals surface area contributed by atoms with Crippen molar-refractivity contribution in [1.29, 1.82) is 0 Å². The van der Waals surface area contributed by atoms with Gasteiger partial charge in [-0.2, -0.15) is 5.10 Å². The molecule has 5 nitrogen and oxygen atoms in total. The van der Waals surface area contributed by atoms with Crippen LogP contribution in [0.15, 0.2) is 30.5 Å². The smallest absolute Gasteiger partial charge is 0.134 e. The number of rotatable bonds is 8.